The molecule has 2 aromatic rings. The van der Waals surface area contributed by atoms with Crippen LogP contribution in [0.4, 0.5) is 5.69 Å². The second-order valence-electron chi connectivity index (χ2n) is 7.13. The molecule has 1 heterocycles. The van der Waals surface area contributed by atoms with E-state index in [1.54, 1.807) is 48.5 Å². The molecular formula is C23H22ClNO6. The van der Waals surface area contributed by atoms with Gasteiger partial charge in [-0.05, 0) is 55.0 Å². The minimum Gasteiger partial charge on any atom is -0.462 e. The minimum atomic E-state index is -0.667. The molecule has 0 N–H and O–H groups in total. The molecule has 162 valence electrons. The molecule has 1 unspecified atom stereocenters. The van der Waals surface area contributed by atoms with Crippen LogP contribution in [0.5, 0.6) is 0 Å². The average molecular weight is 444 g/mol. The number of halogens is 1. The Kier molecular flexibility index (Phi) is 7.41. The van der Waals surface area contributed by atoms with E-state index in [1.165, 1.54) is 4.90 Å². The van der Waals surface area contributed by atoms with E-state index in [4.69, 9.17) is 21.1 Å². The normalized spacial score (nSPS) is 15.6. The maximum Gasteiger partial charge on any atom is 0.338 e. The zero-order valence-electron chi connectivity index (χ0n) is 17.0. The molecule has 1 aliphatic heterocycles. The molecule has 31 heavy (non-hydrogen) atoms. The molecule has 1 saturated heterocycles. The Morgan fingerprint density at radius 1 is 1.00 bits per heavy atom. The summed E-state index contributed by atoms with van der Waals surface area (Å²) in [6.45, 7) is 1.99. The first-order valence-electron chi connectivity index (χ1n) is 9.92. The first kappa shape index (κ1) is 22.5. The maximum atomic E-state index is 12.4. The highest BCUT2D eigenvalue weighted by molar-refractivity contribution is 6.30. The molecule has 0 aliphatic carbocycles. The van der Waals surface area contributed by atoms with Crippen LogP contribution in [-0.2, 0) is 19.1 Å². The molecule has 3 rings (SSSR count). The van der Waals surface area contributed by atoms with Crippen molar-refractivity contribution < 1.29 is 28.7 Å². The second kappa shape index (κ2) is 10.2. The summed E-state index contributed by atoms with van der Waals surface area (Å²) in [5.74, 6) is -2.27. The monoisotopic (exact) mass is 443 g/mol. The molecule has 2 aromatic carbocycles. The SMILES string of the molecule is CCCOC(=O)c1ccc(N2CC(C(=O)OCC(=O)c3ccc(Cl)cc3)CC2=O)cc1. The number of carbonyl (C=O) groups excluding carboxylic acids is 4. The number of hydrogen-bond donors (Lipinski definition) is 0. The van der Waals surface area contributed by atoms with Crippen LogP contribution < -0.4 is 4.90 Å². The zero-order valence-corrected chi connectivity index (χ0v) is 17.8. The summed E-state index contributed by atoms with van der Waals surface area (Å²) in [4.78, 5) is 50.3. The second-order valence-corrected chi connectivity index (χ2v) is 7.56. The first-order valence-corrected chi connectivity index (χ1v) is 10.3. The average Bonchev–Trinajstić information content (AvgIpc) is 3.17. The summed E-state index contributed by atoms with van der Waals surface area (Å²) in [5.41, 5.74) is 1.35. The Morgan fingerprint density at radius 3 is 2.29 bits per heavy atom. The third kappa shape index (κ3) is 5.70. The van der Waals surface area contributed by atoms with Crippen molar-refractivity contribution in [2.45, 2.75) is 19.8 Å². The van der Waals surface area contributed by atoms with E-state index in [-0.39, 0.29) is 24.7 Å². The van der Waals surface area contributed by atoms with Gasteiger partial charge in [0, 0.05) is 29.2 Å². The maximum absolute atomic E-state index is 12.4. The van der Waals surface area contributed by atoms with Crippen molar-refractivity contribution >= 4 is 40.9 Å². The van der Waals surface area contributed by atoms with Crippen molar-refractivity contribution in [2.24, 2.45) is 5.92 Å². The minimum absolute atomic E-state index is 0.00569. The number of ketones is 1. The number of ether oxygens (including phenoxy) is 2. The highest BCUT2D eigenvalue weighted by Crippen LogP contribution is 2.26. The molecule has 1 aliphatic rings. The lowest BCUT2D eigenvalue weighted by molar-refractivity contribution is -0.147. The Labute approximate surface area is 184 Å². The fourth-order valence-electron chi connectivity index (χ4n) is 3.14. The Bertz CT molecular complexity index is 971. The fourth-order valence-corrected chi connectivity index (χ4v) is 3.27. The number of nitrogens with zero attached hydrogens (tertiary/aromatic N) is 1. The van der Waals surface area contributed by atoms with Crippen molar-refractivity contribution in [1.29, 1.82) is 0 Å². The van der Waals surface area contributed by atoms with Crippen LogP contribution in [0.15, 0.2) is 48.5 Å². The van der Waals surface area contributed by atoms with Crippen molar-refractivity contribution in [3.8, 4) is 0 Å². The fraction of sp³-hybridized carbons (Fsp3) is 0.304. The van der Waals surface area contributed by atoms with Gasteiger partial charge in [0.15, 0.2) is 12.4 Å². The lowest BCUT2D eigenvalue weighted by atomic mass is 10.1. The standard InChI is InChI=1S/C23H22ClNO6/c1-2-11-30-22(28)16-5-9-19(10-6-16)25-13-17(12-21(25)27)23(29)31-14-20(26)15-3-7-18(24)8-4-15/h3-10,17H,2,11-14H2,1H3. The molecule has 0 spiro atoms. The van der Waals surface area contributed by atoms with Crippen LogP contribution in [0, 0.1) is 5.92 Å². The van der Waals surface area contributed by atoms with E-state index < -0.39 is 24.5 Å². The third-order valence-corrected chi connectivity index (χ3v) is 5.07. The van der Waals surface area contributed by atoms with Gasteiger partial charge < -0.3 is 14.4 Å². The lowest BCUT2D eigenvalue weighted by Crippen LogP contribution is -2.27. The van der Waals surface area contributed by atoms with Gasteiger partial charge in [-0.3, -0.25) is 14.4 Å². The van der Waals surface area contributed by atoms with Crippen molar-refractivity contribution in [1.82, 2.24) is 0 Å². The van der Waals surface area contributed by atoms with E-state index in [1.807, 2.05) is 6.92 Å². The van der Waals surface area contributed by atoms with Gasteiger partial charge in [0.2, 0.25) is 5.91 Å². The Hall–Kier alpha value is -3.19. The van der Waals surface area contributed by atoms with Gasteiger partial charge in [-0.25, -0.2) is 4.79 Å². The van der Waals surface area contributed by atoms with Crippen LogP contribution in [0.25, 0.3) is 0 Å². The number of carbonyl (C=O) groups is 4. The van der Waals surface area contributed by atoms with Crippen molar-refractivity contribution in [3.05, 3.63) is 64.7 Å². The summed E-state index contributed by atoms with van der Waals surface area (Å²) >= 11 is 5.80. The van der Waals surface area contributed by atoms with Crippen LogP contribution in [-0.4, -0.2) is 43.4 Å². The third-order valence-electron chi connectivity index (χ3n) is 4.82. The number of rotatable bonds is 8. The number of benzene rings is 2. The van der Waals surface area contributed by atoms with Gasteiger partial charge >= 0.3 is 11.9 Å². The molecule has 0 aromatic heterocycles. The van der Waals surface area contributed by atoms with Crippen LogP contribution in [0.2, 0.25) is 5.02 Å². The van der Waals surface area contributed by atoms with Gasteiger partial charge in [-0.1, -0.05) is 18.5 Å². The highest BCUT2D eigenvalue weighted by Gasteiger charge is 2.36. The van der Waals surface area contributed by atoms with E-state index in [2.05, 4.69) is 0 Å². The number of anilines is 1. The summed E-state index contributed by atoms with van der Waals surface area (Å²) in [6, 6.07) is 12.7. The lowest BCUT2D eigenvalue weighted by Gasteiger charge is -2.17. The molecule has 0 bridgehead atoms. The Morgan fingerprint density at radius 2 is 1.65 bits per heavy atom. The number of Topliss-reactive ketones (excluding diaryl/α,β-unsaturated/α-hetero) is 1. The number of amides is 1. The van der Waals surface area contributed by atoms with Crippen LogP contribution >= 0.6 is 11.6 Å². The van der Waals surface area contributed by atoms with Crippen LogP contribution in [0.3, 0.4) is 0 Å². The summed E-state index contributed by atoms with van der Waals surface area (Å²) in [5, 5.41) is 0.504. The quantitative estimate of drug-likeness (QED) is 0.456. The first-order chi connectivity index (χ1) is 14.9. The number of hydrogen-bond acceptors (Lipinski definition) is 6. The van der Waals surface area contributed by atoms with Crippen molar-refractivity contribution in [2.75, 3.05) is 24.7 Å². The molecule has 1 amide bonds. The molecule has 0 radical (unpaired) electrons. The predicted octanol–water partition coefficient (Wildman–Crippen LogP) is 3.69. The molecule has 1 fully saturated rings. The smallest absolute Gasteiger partial charge is 0.338 e. The topological polar surface area (TPSA) is 90.0 Å². The summed E-state index contributed by atoms with van der Waals surface area (Å²) in [7, 11) is 0. The van der Waals surface area contributed by atoms with Crippen molar-refractivity contribution in [3.63, 3.8) is 0 Å². The van der Waals surface area contributed by atoms with Gasteiger partial charge in [-0.2, -0.15) is 0 Å². The van der Waals surface area contributed by atoms with E-state index >= 15 is 0 Å². The van der Waals surface area contributed by atoms with Gasteiger partial charge in [-0.15, -0.1) is 0 Å². The zero-order chi connectivity index (χ0) is 22.4. The highest BCUT2D eigenvalue weighted by atomic mass is 35.5. The Balaban J connectivity index is 1.55. The molecule has 0 saturated carbocycles. The number of esters is 2. The molecule has 7 nitrogen and oxygen atoms in total. The molecule has 8 heteroatoms. The predicted molar refractivity (Wildman–Crippen MR) is 114 cm³/mol. The largest absolute Gasteiger partial charge is 0.462 e. The molecular weight excluding hydrogens is 422 g/mol. The molecule has 1 atom stereocenters. The van der Waals surface area contributed by atoms with Crippen LogP contribution in [0.1, 0.15) is 40.5 Å². The van der Waals surface area contributed by atoms with Gasteiger partial charge in [0.05, 0.1) is 18.1 Å². The van der Waals surface area contributed by atoms with Gasteiger partial charge in [0.1, 0.15) is 0 Å². The van der Waals surface area contributed by atoms with E-state index in [0.29, 0.717) is 28.4 Å². The van der Waals surface area contributed by atoms with E-state index in [9.17, 15) is 19.2 Å². The van der Waals surface area contributed by atoms with E-state index in [0.717, 1.165) is 6.42 Å². The summed E-state index contributed by atoms with van der Waals surface area (Å²) in [6.07, 6.45) is 0.725. The van der Waals surface area contributed by atoms with Gasteiger partial charge in [0.25, 0.3) is 0 Å². The summed E-state index contributed by atoms with van der Waals surface area (Å²) < 4.78 is 10.2.